The fourth-order valence-electron chi connectivity index (χ4n) is 2.57. The number of likely N-dealkylation sites (tertiary alicyclic amines) is 1. The molecule has 1 aliphatic rings. The second kappa shape index (κ2) is 5.87. The Kier molecular flexibility index (Phi) is 4.20. The highest BCUT2D eigenvalue weighted by Gasteiger charge is 2.33. The highest BCUT2D eigenvalue weighted by Crippen LogP contribution is 2.31. The molecule has 1 aromatic carbocycles. The number of rotatable bonds is 3. The predicted octanol–water partition coefficient (Wildman–Crippen LogP) is 2.46. The number of aliphatic carboxylic acids is 1. The summed E-state index contributed by atoms with van der Waals surface area (Å²) in [6, 6.07) is 9.87. The summed E-state index contributed by atoms with van der Waals surface area (Å²) < 4.78 is 0. The second-order valence-electron chi connectivity index (χ2n) is 5.01. The minimum atomic E-state index is -1.05. The number of piperidine rings is 1. The summed E-state index contributed by atoms with van der Waals surface area (Å²) in [6.07, 6.45) is 2.92. The van der Waals surface area contributed by atoms with Gasteiger partial charge in [0.15, 0.2) is 0 Å². The molecule has 0 aromatic heterocycles. The van der Waals surface area contributed by atoms with Crippen LogP contribution in [0.4, 0.5) is 0 Å². The quantitative estimate of drug-likeness (QED) is 0.850. The molecule has 19 heavy (non-hydrogen) atoms. The molecule has 0 bridgehead atoms. The average Bonchev–Trinajstić information content (AvgIpc) is 2.46. The molecular weight excluding hydrogens is 242 g/mol. The van der Waals surface area contributed by atoms with Crippen LogP contribution in [-0.4, -0.2) is 28.4 Å². The Balaban J connectivity index is 2.21. The van der Waals surface area contributed by atoms with Crippen molar-refractivity contribution in [1.29, 1.82) is 0 Å². The Morgan fingerprint density at radius 2 is 1.95 bits per heavy atom. The normalized spacial score (nSPS) is 20.9. The van der Waals surface area contributed by atoms with Crippen LogP contribution in [0.25, 0.3) is 0 Å². The van der Waals surface area contributed by atoms with E-state index in [2.05, 4.69) is 0 Å². The topological polar surface area (TPSA) is 57.6 Å². The fraction of sp³-hybridized carbons (Fsp3) is 0.467. The summed E-state index contributed by atoms with van der Waals surface area (Å²) in [6.45, 7) is 2.11. The zero-order valence-corrected chi connectivity index (χ0v) is 11.1. The zero-order chi connectivity index (χ0) is 13.8. The van der Waals surface area contributed by atoms with Gasteiger partial charge in [-0.25, -0.2) is 0 Å². The molecule has 2 unspecified atom stereocenters. The second-order valence-corrected chi connectivity index (χ2v) is 5.01. The molecule has 1 aromatic rings. The van der Waals surface area contributed by atoms with E-state index in [4.69, 9.17) is 5.11 Å². The summed E-state index contributed by atoms with van der Waals surface area (Å²) in [5.74, 6) is -2.30. The lowest BCUT2D eigenvalue weighted by Crippen LogP contribution is -2.43. The third-order valence-corrected chi connectivity index (χ3v) is 3.71. The monoisotopic (exact) mass is 261 g/mol. The molecule has 1 saturated heterocycles. The molecule has 2 atom stereocenters. The van der Waals surface area contributed by atoms with Crippen LogP contribution >= 0.6 is 0 Å². The van der Waals surface area contributed by atoms with E-state index in [0.717, 1.165) is 24.8 Å². The van der Waals surface area contributed by atoms with E-state index >= 15 is 0 Å². The number of carboxylic acids is 1. The number of benzene rings is 1. The summed E-state index contributed by atoms with van der Waals surface area (Å²) in [4.78, 5) is 25.0. The predicted molar refractivity (Wildman–Crippen MR) is 71.5 cm³/mol. The Morgan fingerprint density at radius 1 is 1.26 bits per heavy atom. The highest BCUT2D eigenvalue weighted by molar-refractivity contribution is 5.96. The van der Waals surface area contributed by atoms with Gasteiger partial charge < -0.3 is 10.0 Å². The number of hydrogen-bond acceptors (Lipinski definition) is 2. The summed E-state index contributed by atoms with van der Waals surface area (Å²) in [5, 5.41) is 8.99. The number of amides is 1. The largest absolute Gasteiger partial charge is 0.481 e. The Labute approximate surface area is 113 Å². The number of nitrogens with zero attached hydrogens (tertiary/aromatic N) is 1. The third-order valence-electron chi connectivity index (χ3n) is 3.71. The van der Waals surface area contributed by atoms with E-state index in [1.807, 2.05) is 30.3 Å². The van der Waals surface area contributed by atoms with Gasteiger partial charge >= 0.3 is 5.97 Å². The summed E-state index contributed by atoms with van der Waals surface area (Å²) >= 11 is 0. The standard InChI is InChI=1S/C15H19NO3/c1-11(15(18)19)14(17)16-10-6-5-9-13(16)12-7-3-2-4-8-12/h2-4,7-8,11,13H,5-6,9-10H2,1H3,(H,18,19). The molecule has 4 nitrogen and oxygen atoms in total. The van der Waals surface area contributed by atoms with Crippen LogP contribution in [0.1, 0.15) is 37.8 Å². The molecule has 4 heteroatoms. The zero-order valence-electron chi connectivity index (χ0n) is 11.1. The summed E-state index contributed by atoms with van der Waals surface area (Å²) in [5.41, 5.74) is 1.09. The molecule has 102 valence electrons. The van der Waals surface area contributed by atoms with Gasteiger partial charge in [-0.3, -0.25) is 9.59 Å². The first kappa shape index (κ1) is 13.6. The Bertz CT molecular complexity index is 458. The maximum atomic E-state index is 12.3. The third kappa shape index (κ3) is 2.95. The summed E-state index contributed by atoms with van der Waals surface area (Å²) in [7, 11) is 0. The minimum absolute atomic E-state index is 0.0178. The molecular formula is C15H19NO3. The maximum absolute atomic E-state index is 12.3. The van der Waals surface area contributed by atoms with Crippen molar-refractivity contribution >= 4 is 11.9 Å². The van der Waals surface area contributed by atoms with E-state index in [0.29, 0.717) is 6.54 Å². The highest BCUT2D eigenvalue weighted by atomic mass is 16.4. The van der Waals surface area contributed by atoms with Gasteiger partial charge in [-0.2, -0.15) is 0 Å². The van der Waals surface area contributed by atoms with Crippen LogP contribution in [-0.2, 0) is 9.59 Å². The first-order valence-corrected chi connectivity index (χ1v) is 6.69. The number of carbonyl (C=O) groups is 2. The number of hydrogen-bond donors (Lipinski definition) is 1. The molecule has 1 aliphatic heterocycles. The van der Waals surface area contributed by atoms with Crippen LogP contribution < -0.4 is 0 Å². The van der Waals surface area contributed by atoms with Crippen molar-refractivity contribution < 1.29 is 14.7 Å². The van der Waals surface area contributed by atoms with Gasteiger partial charge in [-0.1, -0.05) is 30.3 Å². The van der Waals surface area contributed by atoms with Gasteiger partial charge in [0.25, 0.3) is 0 Å². The van der Waals surface area contributed by atoms with Crippen LogP contribution in [0, 0.1) is 5.92 Å². The van der Waals surface area contributed by atoms with Crippen molar-refractivity contribution in [1.82, 2.24) is 4.90 Å². The SMILES string of the molecule is CC(C(=O)O)C(=O)N1CCCCC1c1ccccc1. The van der Waals surface area contributed by atoms with E-state index < -0.39 is 11.9 Å². The van der Waals surface area contributed by atoms with Crippen molar-refractivity contribution in [3.8, 4) is 0 Å². The lowest BCUT2D eigenvalue weighted by atomic mass is 9.94. The van der Waals surface area contributed by atoms with Gasteiger partial charge in [0.05, 0.1) is 6.04 Å². The van der Waals surface area contributed by atoms with Crippen molar-refractivity contribution in [2.24, 2.45) is 5.92 Å². The van der Waals surface area contributed by atoms with Gasteiger partial charge in [0, 0.05) is 6.54 Å². The van der Waals surface area contributed by atoms with Crippen molar-refractivity contribution in [2.75, 3.05) is 6.54 Å². The number of carbonyl (C=O) groups excluding carboxylic acids is 1. The van der Waals surface area contributed by atoms with Gasteiger partial charge in [0.2, 0.25) is 5.91 Å². The smallest absolute Gasteiger partial charge is 0.315 e. The molecule has 1 heterocycles. The fourth-order valence-corrected chi connectivity index (χ4v) is 2.57. The van der Waals surface area contributed by atoms with E-state index in [1.54, 1.807) is 4.90 Å². The Morgan fingerprint density at radius 3 is 2.58 bits per heavy atom. The van der Waals surface area contributed by atoms with Crippen molar-refractivity contribution in [3.05, 3.63) is 35.9 Å². The molecule has 0 aliphatic carbocycles. The van der Waals surface area contributed by atoms with Crippen LogP contribution in [0.5, 0.6) is 0 Å². The van der Waals surface area contributed by atoms with Crippen LogP contribution in [0.3, 0.4) is 0 Å². The molecule has 1 fully saturated rings. The van der Waals surface area contributed by atoms with Crippen LogP contribution in [0.2, 0.25) is 0 Å². The van der Waals surface area contributed by atoms with Crippen molar-refractivity contribution in [3.63, 3.8) is 0 Å². The molecule has 0 radical (unpaired) electrons. The number of carboxylic acid groups (broad SMARTS) is 1. The van der Waals surface area contributed by atoms with Crippen molar-refractivity contribution in [2.45, 2.75) is 32.2 Å². The molecule has 1 amide bonds. The van der Waals surface area contributed by atoms with Crippen LogP contribution in [0.15, 0.2) is 30.3 Å². The van der Waals surface area contributed by atoms with Gasteiger partial charge in [-0.15, -0.1) is 0 Å². The Hall–Kier alpha value is -1.84. The molecule has 2 rings (SSSR count). The minimum Gasteiger partial charge on any atom is -0.481 e. The van der Waals surface area contributed by atoms with E-state index in [-0.39, 0.29) is 11.9 Å². The van der Waals surface area contributed by atoms with Gasteiger partial charge in [0.1, 0.15) is 5.92 Å². The molecule has 0 saturated carbocycles. The first-order chi connectivity index (χ1) is 9.11. The van der Waals surface area contributed by atoms with Gasteiger partial charge in [-0.05, 0) is 31.7 Å². The molecule has 1 N–H and O–H groups in total. The van der Waals surface area contributed by atoms with E-state index in [9.17, 15) is 9.59 Å². The lowest BCUT2D eigenvalue weighted by Gasteiger charge is -2.37. The first-order valence-electron chi connectivity index (χ1n) is 6.69. The lowest BCUT2D eigenvalue weighted by molar-refractivity contribution is -0.152. The van der Waals surface area contributed by atoms with E-state index in [1.165, 1.54) is 6.92 Å². The average molecular weight is 261 g/mol. The molecule has 0 spiro atoms. The maximum Gasteiger partial charge on any atom is 0.315 e.